The molecule has 2 heterocycles. The maximum atomic E-state index is 14.0. The molecule has 0 unspecified atom stereocenters. The van der Waals surface area contributed by atoms with E-state index in [1.54, 1.807) is 6.07 Å². The normalized spacial score (nSPS) is 22.0. The predicted molar refractivity (Wildman–Crippen MR) is 137 cm³/mol. The van der Waals surface area contributed by atoms with E-state index in [0.717, 1.165) is 62.1 Å². The van der Waals surface area contributed by atoms with Crippen LogP contribution in [0.15, 0.2) is 36.4 Å². The Hall–Kier alpha value is -2.38. The minimum atomic E-state index is -1.35. The van der Waals surface area contributed by atoms with Gasteiger partial charge in [-0.05, 0) is 63.9 Å². The van der Waals surface area contributed by atoms with E-state index < -0.39 is 6.16 Å². The molecule has 1 aromatic carbocycles. The number of nitrogens with zero attached hydrogens (tertiary/aromatic N) is 2. The Balaban J connectivity index is 1.71. The largest absolute Gasteiger partial charge is 0.511 e. The number of likely N-dealkylation sites (tertiary alicyclic amines) is 1. The van der Waals surface area contributed by atoms with Crippen molar-refractivity contribution >= 4 is 28.4 Å². The van der Waals surface area contributed by atoms with Crippen LogP contribution in [0.4, 0.5) is 9.80 Å². The second kappa shape index (κ2) is 10.9. The lowest BCUT2D eigenvalue weighted by atomic mass is 9.82. The molecule has 6 nitrogen and oxygen atoms in total. The van der Waals surface area contributed by atoms with Gasteiger partial charge in [-0.25, -0.2) is 4.79 Å². The summed E-state index contributed by atoms with van der Waals surface area (Å²) in [7, 11) is 0. The van der Waals surface area contributed by atoms with Crippen molar-refractivity contribution in [2.24, 2.45) is 11.8 Å². The maximum Gasteiger partial charge on any atom is 0.511 e. The fourth-order valence-electron chi connectivity index (χ4n) is 5.25. The number of hydrogen-bond acceptors (Lipinski definition) is 5. The van der Waals surface area contributed by atoms with Crippen molar-refractivity contribution in [1.29, 1.82) is 0 Å². The average molecular weight is 485 g/mol. The zero-order chi connectivity index (χ0) is 24.2. The third-order valence-electron chi connectivity index (χ3n) is 7.35. The molecular weight excluding hydrogens is 448 g/mol. The molecule has 2 aliphatic rings. The van der Waals surface area contributed by atoms with E-state index in [9.17, 15) is 14.7 Å². The van der Waals surface area contributed by atoms with Crippen molar-refractivity contribution in [3.05, 3.63) is 36.4 Å². The number of piperidine rings is 1. The molecule has 1 saturated heterocycles. The third kappa shape index (κ3) is 5.63. The molecule has 0 bridgehead atoms. The van der Waals surface area contributed by atoms with E-state index in [2.05, 4.69) is 25.7 Å². The highest BCUT2D eigenvalue weighted by Gasteiger charge is 2.37. The van der Waals surface area contributed by atoms with Gasteiger partial charge < -0.3 is 14.7 Å². The summed E-state index contributed by atoms with van der Waals surface area (Å²) < 4.78 is 5.26. The van der Waals surface area contributed by atoms with Crippen LogP contribution in [0.3, 0.4) is 0 Å². The Morgan fingerprint density at radius 1 is 1.06 bits per heavy atom. The predicted octanol–water partition coefficient (Wildman–Crippen LogP) is 6.50. The number of carbonyl (C=O) groups excluding carboxylic acids is 1. The Labute approximate surface area is 206 Å². The van der Waals surface area contributed by atoms with Crippen molar-refractivity contribution in [3.63, 3.8) is 0 Å². The number of rotatable bonds is 6. The molecule has 34 heavy (non-hydrogen) atoms. The maximum absolute atomic E-state index is 14.0. The van der Waals surface area contributed by atoms with Crippen LogP contribution in [0.5, 0.6) is 5.75 Å². The van der Waals surface area contributed by atoms with Crippen LogP contribution >= 0.6 is 11.3 Å². The Bertz CT molecular complexity index is 974. The van der Waals surface area contributed by atoms with Gasteiger partial charge >= 0.3 is 6.16 Å². The summed E-state index contributed by atoms with van der Waals surface area (Å²) in [5, 5.41) is 10.1. The number of benzene rings is 1. The molecule has 7 heteroatoms. The highest BCUT2D eigenvalue weighted by Crippen LogP contribution is 2.46. The summed E-state index contributed by atoms with van der Waals surface area (Å²) in [6.45, 7) is 8.53. The second-order valence-corrected chi connectivity index (χ2v) is 11.1. The minimum absolute atomic E-state index is 0.0146. The van der Waals surface area contributed by atoms with Crippen molar-refractivity contribution in [3.8, 4) is 16.2 Å². The third-order valence-corrected chi connectivity index (χ3v) is 8.52. The van der Waals surface area contributed by atoms with Gasteiger partial charge in [0, 0.05) is 42.0 Å². The van der Waals surface area contributed by atoms with Crippen LogP contribution < -0.4 is 9.64 Å². The van der Waals surface area contributed by atoms with E-state index in [-0.39, 0.29) is 23.6 Å². The highest BCUT2D eigenvalue weighted by molar-refractivity contribution is 7.20. The molecule has 4 rings (SSSR count). The summed E-state index contributed by atoms with van der Waals surface area (Å²) in [6.07, 6.45) is 4.31. The number of carboxylic acid groups (broad SMARTS) is 1. The van der Waals surface area contributed by atoms with Crippen LogP contribution in [0.1, 0.15) is 59.3 Å². The standard InChI is InChI=1S/C27H36N2O4S/c1-18(2)28-15-13-22(14-16-28)29(25(30)21-11-9-19(3)10-12-21)26-23(33-27(31)32)17-24(34-26)20-7-5-4-6-8-20/h4-8,17-19,21-22H,9-16H2,1-3H3,(H,31,32)/t19-,21-. The minimum Gasteiger partial charge on any atom is -0.449 e. The zero-order valence-corrected chi connectivity index (χ0v) is 21.2. The van der Waals surface area contributed by atoms with Crippen molar-refractivity contribution in [2.75, 3.05) is 18.0 Å². The van der Waals surface area contributed by atoms with Gasteiger partial charge in [0.25, 0.3) is 0 Å². The number of ether oxygens (including phenoxy) is 1. The van der Waals surface area contributed by atoms with Crippen LogP contribution in [-0.2, 0) is 4.79 Å². The molecule has 0 radical (unpaired) electrons. The van der Waals surface area contributed by atoms with Gasteiger partial charge in [-0.3, -0.25) is 9.69 Å². The van der Waals surface area contributed by atoms with Crippen molar-refractivity contribution < 1.29 is 19.4 Å². The first-order chi connectivity index (χ1) is 16.3. The van der Waals surface area contributed by atoms with Gasteiger partial charge in [0.2, 0.25) is 5.91 Å². The molecule has 1 aliphatic heterocycles. The molecule has 1 aromatic heterocycles. The lowest BCUT2D eigenvalue weighted by Gasteiger charge is -2.41. The highest BCUT2D eigenvalue weighted by atomic mass is 32.1. The smallest absolute Gasteiger partial charge is 0.449 e. The molecule has 1 N–H and O–H groups in total. The monoisotopic (exact) mass is 484 g/mol. The van der Waals surface area contributed by atoms with Gasteiger partial charge in [0.05, 0.1) is 0 Å². The molecule has 0 atom stereocenters. The number of hydrogen-bond donors (Lipinski definition) is 1. The number of anilines is 1. The van der Waals surface area contributed by atoms with Gasteiger partial charge in [-0.1, -0.05) is 37.3 Å². The van der Waals surface area contributed by atoms with Crippen molar-refractivity contribution in [1.82, 2.24) is 4.90 Å². The van der Waals surface area contributed by atoms with E-state index >= 15 is 0 Å². The summed E-state index contributed by atoms with van der Waals surface area (Å²) in [5.74, 6) is 1.04. The number of amides is 1. The number of carbonyl (C=O) groups is 2. The SMILES string of the molecule is CC(C)N1CCC(N(c2sc(-c3ccccc3)cc2OC(=O)O)C(=O)[C@H]2CC[C@H](C)CC2)CC1. The van der Waals surface area contributed by atoms with E-state index in [1.165, 1.54) is 11.3 Å². The zero-order valence-electron chi connectivity index (χ0n) is 20.4. The van der Waals surface area contributed by atoms with Crippen LogP contribution in [0, 0.1) is 11.8 Å². The quantitative estimate of drug-likeness (QED) is 0.474. The molecule has 1 saturated carbocycles. The molecule has 2 aromatic rings. The van der Waals surface area contributed by atoms with E-state index in [4.69, 9.17) is 4.74 Å². The lowest BCUT2D eigenvalue weighted by Crippen LogP contribution is -2.50. The van der Waals surface area contributed by atoms with Gasteiger partial charge in [0.1, 0.15) is 5.00 Å². The molecule has 2 fully saturated rings. The summed E-state index contributed by atoms with van der Waals surface area (Å²) in [4.78, 5) is 30.9. The first kappa shape index (κ1) is 24.7. The average Bonchev–Trinajstić information content (AvgIpc) is 3.23. The first-order valence-electron chi connectivity index (χ1n) is 12.5. The van der Waals surface area contributed by atoms with Crippen molar-refractivity contribution in [2.45, 2.75) is 71.4 Å². The van der Waals surface area contributed by atoms with Gasteiger partial charge in [-0.15, -0.1) is 11.3 Å². The van der Waals surface area contributed by atoms with Gasteiger partial charge in [-0.2, -0.15) is 0 Å². The fourth-order valence-corrected chi connectivity index (χ4v) is 6.42. The van der Waals surface area contributed by atoms with Crippen LogP contribution in [0.25, 0.3) is 10.4 Å². The molecular formula is C27H36N2O4S. The first-order valence-corrected chi connectivity index (χ1v) is 13.3. The number of thiophene rings is 1. The van der Waals surface area contributed by atoms with E-state index in [1.807, 2.05) is 35.2 Å². The topological polar surface area (TPSA) is 70.1 Å². The Kier molecular flexibility index (Phi) is 7.94. The fraction of sp³-hybridized carbons (Fsp3) is 0.556. The second-order valence-electron chi connectivity index (χ2n) is 10.0. The van der Waals surface area contributed by atoms with E-state index in [0.29, 0.717) is 17.0 Å². The molecule has 1 aliphatic carbocycles. The van der Waals surface area contributed by atoms with Crippen LogP contribution in [-0.4, -0.2) is 47.2 Å². The molecule has 184 valence electrons. The van der Waals surface area contributed by atoms with Crippen LogP contribution in [0.2, 0.25) is 0 Å². The molecule has 1 amide bonds. The summed E-state index contributed by atoms with van der Waals surface area (Å²) in [6, 6.07) is 12.2. The Morgan fingerprint density at radius 2 is 1.71 bits per heavy atom. The summed E-state index contributed by atoms with van der Waals surface area (Å²) >= 11 is 1.46. The summed E-state index contributed by atoms with van der Waals surface area (Å²) in [5.41, 5.74) is 0.988. The van der Waals surface area contributed by atoms with Gasteiger partial charge in [0.15, 0.2) is 5.75 Å². The molecule has 0 spiro atoms. The lowest BCUT2D eigenvalue weighted by molar-refractivity contribution is -0.124. The Morgan fingerprint density at radius 3 is 2.29 bits per heavy atom.